The van der Waals surface area contributed by atoms with Gasteiger partial charge in [0, 0.05) is 5.02 Å². The maximum Gasteiger partial charge on any atom is 0.0860 e. The van der Waals surface area contributed by atoms with Gasteiger partial charge in [0.05, 0.1) is 11.5 Å². The van der Waals surface area contributed by atoms with E-state index < -0.39 is 5.97 Å². The quantitative estimate of drug-likeness (QED) is 0.772. The van der Waals surface area contributed by atoms with Crippen molar-refractivity contribution in [2.75, 3.05) is 0 Å². The van der Waals surface area contributed by atoms with Crippen molar-refractivity contribution in [2.24, 2.45) is 0 Å². The van der Waals surface area contributed by atoms with E-state index in [9.17, 15) is 9.90 Å². The molecule has 0 spiro atoms. The summed E-state index contributed by atoms with van der Waals surface area (Å²) in [6.45, 7) is 6.23. The van der Waals surface area contributed by atoms with Crippen LogP contribution in [0.25, 0.3) is 0 Å². The van der Waals surface area contributed by atoms with Crippen LogP contribution in [-0.4, -0.2) is 11.5 Å². The molecule has 0 amide bonds. The molecule has 0 aliphatic carbocycles. The Morgan fingerprint density at radius 3 is 2.13 bits per heavy atom. The fourth-order valence-electron chi connectivity index (χ4n) is 0.615. The van der Waals surface area contributed by atoms with E-state index in [1.807, 2.05) is 0 Å². The minimum atomic E-state index is -1.21. The zero-order valence-corrected chi connectivity index (χ0v) is 9.97. The third-order valence-electron chi connectivity index (χ3n) is 1.06. The van der Waals surface area contributed by atoms with Gasteiger partial charge in [0.1, 0.15) is 0 Å². The van der Waals surface area contributed by atoms with Gasteiger partial charge in [0.15, 0.2) is 0 Å². The molecule has 3 N–H and O–H groups in total. The molecule has 3 nitrogen and oxygen atoms in total. The number of rotatable bonds is 1. The van der Waals surface area contributed by atoms with Crippen LogP contribution in [0.1, 0.15) is 31.1 Å². The number of carboxylic acids is 1. The van der Waals surface area contributed by atoms with Crippen LogP contribution in [0.3, 0.4) is 0 Å². The van der Waals surface area contributed by atoms with E-state index in [4.69, 9.17) is 11.6 Å². The van der Waals surface area contributed by atoms with Gasteiger partial charge in [0.2, 0.25) is 0 Å². The zero-order chi connectivity index (χ0) is 12.1. The zero-order valence-electron chi connectivity index (χ0n) is 9.21. The molecule has 0 aromatic heterocycles. The molecule has 15 heavy (non-hydrogen) atoms. The van der Waals surface area contributed by atoms with Crippen molar-refractivity contribution in [3.05, 3.63) is 34.9 Å². The lowest BCUT2D eigenvalue weighted by atomic mass is 10.1. The normalized spacial score (nSPS) is 10.2. The highest BCUT2D eigenvalue weighted by Gasteiger charge is 2.00. The Balaban J connectivity index is 0.000000336. The predicted octanol–water partition coefficient (Wildman–Crippen LogP) is 0.730. The van der Waals surface area contributed by atoms with Crippen molar-refractivity contribution in [3.8, 4) is 0 Å². The molecule has 0 saturated carbocycles. The van der Waals surface area contributed by atoms with Gasteiger partial charge in [-0.1, -0.05) is 23.7 Å². The first kappa shape index (κ1) is 13.9. The van der Waals surface area contributed by atoms with Crippen molar-refractivity contribution in [3.63, 3.8) is 0 Å². The van der Waals surface area contributed by atoms with Crippen LogP contribution in [0, 0.1) is 0 Å². The van der Waals surface area contributed by atoms with Crippen LogP contribution < -0.4 is 10.8 Å². The summed E-state index contributed by atoms with van der Waals surface area (Å²) in [5.41, 5.74) is 4.13. The highest BCUT2D eigenvalue weighted by molar-refractivity contribution is 6.30. The van der Waals surface area contributed by atoms with E-state index in [0.29, 0.717) is 5.02 Å². The molecule has 0 bridgehead atoms. The Morgan fingerprint density at radius 2 is 1.87 bits per heavy atom. The highest BCUT2D eigenvalue weighted by atomic mass is 35.5. The number of hydrogen-bond donors (Lipinski definition) is 1. The molecule has 1 aromatic rings. The van der Waals surface area contributed by atoms with Gasteiger partial charge >= 0.3 is 0 Å². The Bertz CT molecular complexity index is 326. The summed E-state index contributed by atoms with van der Waals surface area (Å²) >= 11 is 5.50. The summed E-state index contributed by atoms with van der Waals surface area (Å²) in [7, 11) is 0. The lowest BCUT2D eigenvalue weighted by Gasteiger charge is -2.01. The third-order valence-corrected chi connectivity index (χ3v) is 1.30. The number of halogens is 1. The summed E-state index contributed by atoms with van der Waals surface area (Å²) in [6.07, 6.45) is 0. The summed E-state index contributed by atoms with van der Waals surface area (Å²) in [4.78, 5) is 10.2. The first-order valence-electron chi connectivity index (χ1n) is 4.52. The fourth-order valence-corrected chi connectivity index (χ4v) is 0.806. The number of carbonyl (C=O) groups is 1. The minimum Gasteiger partial charge on any atom is -0.545 e. The lowest BCUT2D eigenvalue weighted by molar-refractivity contribution is -0.458. The Morgan fingerprint density at radius 1 is 1.40 bits per heavy atom. The van der Waals surface area contributed by atoms with E-state index in [0.717, 1.165) is 0 Å². The molecule has 84 valence electrons. The van der Waals surface area contributed by atoms with Crippen LogP contribution in [0.2, 0.25) is 5.02 Å². The van der Waals surface area contributed by atoms with Gasteiger partial charge in [-0.3, -0.25) is 0 Å². The summed E-state index contributed by atoms with van der Waals surface area (Å²) in [5, 5.41) is 10.6. The van der Waals surface area contributed by atoms with E-state index in [1.54, 1.807) is 12.1 Å². The molecule has 1 aromatic carbocycles. The minimum absolute atomic E-state index is 0.104. The molecule has 0 radical (unpaired) electrons. The SMILES string of the molecule is CC(C)(C)[NH3+].O=C([O-])c1cccc(Cl)c1. The second kappa shape index (κ2) is 5.73. The molecule has 4 heteroatoms. The molecule has 0 fully saturated rings. The standard InChI is InChI=1S/C7H5ClO2.C4H11N/c8-6-3-1-2-5(4-6)7(9)10;1-4(2,3)5/h1-4H,(H,9,10);5H2,1-3H3. The molecule has 0 saturated heterocycles. The lowest BCUT2D eigenvalue weighted by Crippen LogP contribution is -2.67. The number of hydrogen-bond acceptors (Lipinski definition) is 2. The van der Waals surface area contributed by atoms with Crippen LogP contribution in [-0.2, 0) is 0 Å². The molecular weight excluding hydrogens is 214 g/mol. The van der Waals surface area contributed by atoms with Gasteiger partial charge in [-0.25, -0.2) is 0 Å². The largest absolute Gasteiger partial charge is 0.545 e. The van der Waals surface area contributed by atoms with Gasteiger partial charge in [0.25, 0.3) is 0 Å². The van der Waals surface area contributed by atoms with E-state index >= 15 is 0 Å². The summed E-state index contributed by atoms with van der Waals surface area (Å²) in [5.74, 6) is -1.21. The van der Waals surface area contributed by atoms with Crippen LogP contribution in [0.5, 0.6) is 0 Å². The van der Waals surface area contributed by atoms with Gasteiger partial charge in [-0.05, 0) is 38.5 Å². The number of benzene rings is 1. The Labute approximate surface area is 94.9 Å². The predicted molar refractivity (Wildman–Crippen MR) is 58.4 cm³/mol. The van der Waals surface area contributed by atoms with Gasteiger partial charge in [-0.2, -0.15) is 0 Å². The first-order chi connectivity index (χ1) is 6.70. The van der Waals surface area contributed by atoms with E-state index in [-0.39, 0.29) is 11.1 Å². The monoisotopic (exact) mass is 229 g/mol. The molecule has 0 aliphatic rings. The fraction of sp³-hybridized carbons (Fsp3) is 0.364. The maximum absolute atomic E-state index is 10.2. The average Bonchev–Trinajstić information content (AvgIpc) is 2.00. The second-order valence-electron chi connectivity index (χ2n) is 4.36. The van der Waals surface area contributed by atoms with Gasteiger partial charge < -0.3 is 15.6 Å². The molecule has 0 atom stereocenters. The Kier molecular flexibility index (Phi) is 5.33. The molecule has 0 aliphatic heterocycles. The first-order valence-corrected chi connectivity index (χ1v) is 4.90. The maximum atomic E-state index is 10.2. The molecule has 1 rings (SSSR count). The number of carbonyl (C=O) groups excluding carboxylic acids is 1. The Hall–Kier alpha value is -1.06. The van der Waals surface area contributed by atoms with E-state index in [1.165, 1.54) is 12.1 Å². The van der Waals surface area contributed by atoms with Gasteiger partial charge in [-0.15, -0.1) is 0 Å². The molecule has 0 unspecified atom stereocenters. The van der Waals surface area contributed by atoms with Crippen molar-refractivity contribution in [1.82, 2.24) is 0 Å². The summed E-state index contributed by atoms with van der Waals surface area (Å²) in [6, 6.07) is 5.94. The van der Waals surface area contributed by atoms with Crippen molar-refractivity contribution < 1.29 is 15.6 Å². The summed E-state index contributed by atoms with van der Waals surface area (Å²) < 4.78 is 0. The highest BCUT2D eigenvalue weighted by Crippen LogP contribution is 2.09. The second-order valence-corrected chi connectivity index (χ2v) is 4.79. The molecular formula is C11H16ClNO2. The number of aromatic carboxylic acids is 1. The smallest absolute Gasteiger partial charge is 0.0860 e. The van der Waals surface area contributed by atoms with Crippen LogP contribution in [0.15, 0.2) is 24.3 Å². The van der Waals surface area contributed by atoms with Crippen molar-refractivity contribution >= 4 is 17.6 Å². The number of carboxylic acid groups (broad SMARTS) is 1. The topological polar surface area (TPSA) is 67.8 Å². The third kappa shape index (κ3) is 9.25. The average molecular weight is 230 g/mol. The van der Waals surface area contributed by atoms with Crippen LogP contribution in [0.4, 0.5) is 0 Å². The van der Waals surface area contributed by atoms with E-state index in [2.05, 4.69) is 26.5 Å². The van der Waals surface area contributed by atoms with Crippen LogP contribution >= 0.6 is 11.6 Å². The molecule has 0 heterocycles. The van der Waals surface area contributed by atoms with Crippen molar-refractivity contribution in [1.29, 1.82) is 0 Å². The number of quaternary nitrogens is 1. The van der Waals surface area contributed by atoms with Crippen molar-refractivity contribution in [2.45, 2.75) is 26.3 Å².